The van der Waals surface area contributed by atoms with E-state index in [9.17, 15) is 14.4 Å². The topological polar surface area (TPSA) is 164 Å². The Bertz CT molecular complexity index is 1300. The third-order valence-electron chi connectivity index (χ3n) is 4.05. The van der Waals surface area contributed by atoms with E-state index in [0.29, 0.717) is 33.8 Å². The van der Waals surface area contributed by atoms with Crippen molar-refractivity contribution < 1.29 is 19.5 Å². The zero-order valence-electron chi connectivity index (χ0n) is 15.5. The lowest BCUT2D eigenvalue weighted by molar-refractivity contribution is -0.137. The molecule has 0 atom stereocenters. The smallest absolute Gasteiger partial charge is 0.325 e. The first-order valence-electron chi connectivity index (χ1n) is 8.59. The minimum atomic E-state index is -1.05. The molecule has 4 aromatic rings. The van der Waals surface area contributed by atoms with Crippen molar-refractivity contribution in [3.63, 3.8) is 0 Å². The molecule has 152 valence electrons. The number of benzene rings is 1. The molecule has 0 spiro atoms. The number of rotatable bonds is 7. The minimum Gasteiger partial charge on any atom is -0.480 e. The van der Waals surface area contributed by atoms with Gasteiger partial charge in [-0.25, -0.2) is 23.6 Å². The first-order valence-corrected chi connectivity index (χ1v) is 8.59. The maximum Gasteiger partial charge on any atom is 0.325 e. The van der Waals surface area contributed by atoms with Crippen molar-refractivity contribution in [2.75, 3.05) is 0 Å². The molecule has 0 amide bonds. The highest BCUT2D eigenvalue weighted by atomic mass is 16.4. The van der Waals surface area contributed by atoms with E-state index < -0.39 is 5.97 Å². The summed E-state index contributed by atoms with van der Waals surface area (Å²) in [6.45, 7) is -0.335. The van der Waals surface area contributed by atoms with Crippen molar-refractivity contribution in [3.8, 4) is 33.8 Å². The number of hydrogen-bond acceptors (Lipinski definition) is 9. The van der Waals surface area contributed by atoms with E-state index in [4.69, 9.17) is 5.11 Å². The lowest BCUT2D eigenvalue weighted by Crippen LogP contribution is -2.08. The lowest BCUT2D eigenvalue weighted by Gasteiger charge is -2.05. The van der Waals surface area contributed by atoms with Crippen molar-refractivity contribution in [2.24, 2.45) is 0 Å². The third-order valence-corrected chi connectivity index (χ3v) is 4.05. The second kappa shape index (κ2) is 8.17. The van der Waals surface area contributed by atoms with Crippen LogP contribution in [0, 0.1) is 0 Å². The molecule has 31 heavy (non-hydrogen) atoms. The van der Waals surface area contributed by atoms with E-state index >= 15 is 0 Å². The largest absolute Gasteiger partial charge is 0.480 e. The van der Waals surface area contributed by atoms with Gasteiger partial charge in [0.1, 0.15) is 47.9 Å². The summed E-state index contributed by atoms with van der Waals surface area (Å²) in [5.41, 5.74) is 3.16. The second-order valence-corrected chi connectivity index (χ2v) is 6.16. The van der Waals surface area contributed by atoms with Gasteiger partial charge in [-0.15, -0.1) is 15.3 Å². The molecule has 3 heterocycles. The van der Waals surface area contributed by atoms with Crippen LogP contribution in [0.2, 0.25) is 0 Å². The van der Waals surface area contributed by atoms with Gasteiger partial charge < -0.3 is 5.11 Å². The highest BCUT2D eigenvalue weighted by Crippen LogP contribution is 2.30. The van der Waals surface area contributed by atoms with Gasteiger partial charge in [-0.05, 0) is 18.2 Å². The summed E-state index contributed by atoms with van der Waals surface area (Å²) in [5, 5.41) is 32.5. The van der Waals surface area contributed by atoms with Crippen molar-refractivity contribution in [1.82, 2.24) is 45.0 Å². The second-order valence-electron chi connectivity index (χ2n) is 6.16. The number of aliphatic carboxylic acids is 1. The Morgan fingerprint density at radius 2 is 1.26 bits per heavy atom. The summed E-state index contributed by atoms with van der Waals surface area (Å²) in [6.07, 6.45) is 6.71. The summed E-state index contributed by atoms with van der Waals surface area (Å²) in [4.78, 5) is 32.0. The highest BCUT2D eigenvalue weighted by Gasteiger charge is 2.14. The average Bonchev–Trinajstić information content (AvgIpc) is 3.49. The van der Waals surface area contributed by atoms with E-state index in [2.05, 4.69) is 30.9 Å². The van der Waals surface area contributed by atoms with Crippen LogP contribution in [0.3, 0.4) is 0 Å². The molecular weight excluding hydrogens is 406 g/mol. The summed E-state index contributed by atoms with van der Waals surface area (Å²) in [7, 11) is 0. The van der Waals surface area contributed by atoms with Crippen LogP contribution in [0.1, 0.15) is 0 Å². The Balaban J connectivity index is 1.82. The number of hydrogen-bond donors (Lipinski definition) is 1. The number of nitrogens with zero attached hydrogens (tertiary/aromatic N) is 9. The van der Waals surface area contributed by atoms with Crippen LogP contribution in [0.25, 0.3) is 46.2 Å². The Kier molecular flexibility index (Phi) is 5.09. The standard InChI is InChI=1S/C18H11N9O4/c28-3-1-25-8-15(19-22-25)12-5-13(16-9-26(2-4-29)23-20-16)7-14(6-12)17-10-27(24-21-17)11-18(30)31/h1-2,5-10H,11H2,(H,30,31). The number of carbonyl (C=O) groups excluding carboxylic acids is 2. The molecular formula is C18H11N9O4. The van der Waals surface area contributed by atoms with Crippen molar-refractivity contribution in [1.29, 1.82) is 0 Å². The Hall–Kier alpha value is -4.99. The SMILES string of the molecule is O=C=Cn1cc(-c2cc(-c3cn(C=C=O)nn3)cc(-c3cn(CC(=O)O)nn3)c2)nn1. The van der Waals surface area contributed by atoms with Crippen LogP contribution in [-0.4, -0.2) is 67.9 Å². The van der Waals surface area contributed by atoms with Crippen LogP contribution >= 0.6 is 0 Å². The van der Waals surface area contributed by atoms with Crippen molar-refractivity contribution in [2.45, 2.75) is 6.54 Å². The predicted molar refractivity (Wildman–Crippen MR) is 104 cm³/mol. The van der Waals surface area contributed by atoms with E-state index in [1.165, 1.54) is 32.6 Å². The molecule has 4 rings (SSSR count). The molecule has 0 saturated carbocycles. The molecule has 0 saturated heterocycles. The molecule has 13 nitrogen and oxygen atoms in total. The van der Waals surface area contributed by atoms with E-state index in [1.54, 1.807) is 30.1 Å². The number of carboxylic acids is 1. The van der Waals surface area contributed by atoms with Crippen LogP contribution in [0.15, 0.2) is 36.8 Å². The van der Waals surface area contributed by atoms with E-state index in [0.717, 1.165) is 12.4 Å². The fourth-order valence-electron chi connectivity index (χ4n) is 2.77. The molecule has 0 radical (unpaired) electrons. The molecule has 3 aromatic heterocycles. The van der Waals surface area contributed by atoms with Gasteiger partial charge in [-0.1, -0.05) is 15.6 Å². The molecule has 0 aliphatic heterocycles. The van der Waals surface area contributed by atoms with Gasteiger partial charge in [0.05, 0.1) is 18.6 Å². The van der Waals surface area contributed by atoms with E-state index in [1.807, 2.05) is 0 Å². The normalized spacial score (nSPS) is 10.3. The predicted octanol–water partition coefficient (Wildman–Crippen LogP) is 0.151. The summed E-state index contributed by atoms with van der Waals surface area (Å²) in [5.74, 6) is 2.18. The van der Waals surface area contributed by atoms with Gasteiger partial charge in [-0.2, -0.15) is 0 Å². The van der Waals surface area contributed by atoms with Gasteiger partial charge in [0, 0.05) is 16.7 Å². The fourth-order valence-corrected chi connectivity index (χ4v) is 2.77. The monoisotopic (exact) mass is 417 g/mol. The number of aromatic nitrogens is 9. The third kappa shape index (κ3) is 4.22. The zero-order valence-corrected chi connectivity index (χ0v) is 15.5. The summed E-state index contributed by atoms with van der Waals surface area (Å²) < 4.78 is 3.62. The Morgan fingerprint density at radius 1 is 0.806 bits per heavy atom. The molecule has 0 unspecified atom stereocenters. The summed E-state index contributed by atoms with van der Waals surface area (Å²) >= 11 is 0. The van der Waals surface area contributed by atoms with Gasteiger partial charge in [0.25, 0.3) is 0 Å². The number of carbonyl (C=O) groups is 1. The molecule has 13 heteroatoms. The van der Waals surface area contributed by atoms with Crippen LogP contribution < -0.4 is 0 Å². The van der Waals surface area contributed by atoms with E-state index in [-0.39, 0.29) is 6.54 Å². The molecule has 1 N–H and O–H groups in total. The van der Waals surface area contributed by atoms with Crippen LogP contribution in [0.5, 0.6) is 0 Å². The molecule has 1 aromatic carbocycles. The van der Waals surface area contributed by atoms with Crippen molar-refractivity contribution >= 4 is 30.3 Å². The first-order chi connectivity index (χ1) is 15.1. The van der Waals surface area contributed by atoms with Crippen molar-refractivity contribution in [3.05, 3.63) is 36.8 Å². The summed E-state index contributed by atoms with van der Waals surface area (Å²) in [6, 6.07) is 5.28. The van der Waals surface area contributed by atoms with Crippen LogP contribution in [-0.2, 0) is 20.9 Å². The fraction of sp³-hybridized carbons (Fsp3) is 0.0556. The minimum absolute atomic E-state index is 0.335. The molecule has 0 fully saturated rings. The zero-order chi connectivity index (χ0) is 21.8. The van der Waals surface area contributed by atoms with Gasteiger partial charge in [0.15, 0.2) is 0 Å². The maximum absolute atomic E-state index is 10.9. The maximum atomic E-state index is 10.9. The Morgan fingerprint density at radius 3 is 1.71 bits per heavy atom. The Labute approximate surface area is 172 Å². The molecule has 0 aliphatic rings. The van der Waals surface area contributed by atoms with Gasteiger partial charge >= 0.3 is 5.97 Å². The molecule has 0 bridgehead atoms. The highest BCUT2D eigenvalue weighted by molar-refractivity contribution is 5.78. The van der Waals surface area contributed by atoms with Gasteiger partial charge in [0.2, 0.25) is 0 Å². The number of carboxylic acid groups (broad SMARTS) is 1. The lowest BCUT2D eigenvalue weighted by atomic mass is 10.0. The first kappa shape index (κ1) is 19.3. The quantitative estimate of drug-likeness (QED) is 0.409. The average molecular weight is 417 g/mol. The molecule has 0 aliphatic carbocycles. The van der Waals surface area contributed by atoms with Gasteiger partial charge in [-0.3, -0.25) is 4.79 Å². The van der Waals surface area contributed by atoms with Crippen LogP contribution in [0.4, 0.5) is 0 Å².